The highest BCUT2D eigenvalue weighted by molar-refractivity contribution is 5.37. The molecule has 1 aromatic carbocycles. The molecule has 1 aromatic heterocycles. The summed E-state index contributed by atoms with van der Waals surface area (Å²) in [5, 5.41) is 0. The van der Waals surface area contributed by atoms with Gasteiger partial charge in [-0.3, -0.25) is 4.57 Å². The quantitative estimate of drug-likeness (QED) is 0.804. The van der Waals surface area contributed by atoms with E-state index in [9.17, 15) is 9.18 Å². The predicted molar refractivity (Wildman–Crippen MR) is 63.0 cm³/mol. The van der Waals surface area contributed by atoms with Crippen molar-refractivity contribution in [1.82, 2.24) is 9.55 Å². The molecule has 0 amide bonds. The Kier molecular flexibility index (Phi) is 2.59. The van der Waals surface area contributed by atoms with Gasteiger partial charge in [-0.1, -0.05) is 0 Å². The van der Waals surface area contributed by atoms with Crippen molar-refractivity contribution in [1.29, 1.82) is 0 Å². The van der Waals surface area contributed by atoms with Gasteiger partial charge in [-0.05, 0) is 24.3 Å². The van der Waals surface area contributed by atoms with Crippen LogP contribution in [-0.4, -0.2) is 15.7 Å². The van der Waals surface area contributed by atoms with Crippen molar-refractivity contribution < 1.29 is 9.13 Å². The summed E-state index contributed by atoms with van der Waals surface area (Å²) in [5.41, 5.74) is 0.542. The number of aromatic nitrogens is 2. The van der Waals surface area contributed by atoms with Crippen molar-refractivity contribution in [2.24, 2.45) is 0 Å². The molecule has 18 heavy (non-hydrogen) atoms. The topological polar surface area (TPSA) is 44.1 Å². The fraction of sp³-hybridized carbons (Fsp3) is 0.231. The highest BCUT2D eigenvalue weighted by atomic mass is 19.1. The Bertz CT molecular complexity index is 639. The average molecular weight is 246 g/mol. The van der Waals surface area contributed by atoms with Crippen molar-refractivity contribution in [3.8, 4) is 5.75 Å². The molecule has 0 N–H and O–H groups in total. The van der Waals surface area contributed by atoms with Gasteiger partial charge >= 0.3 is 5.69 Å². The molecule has 1 aliphatic rings. The normalized spacial score (nSPS) is 17.3. The maximum atomic E-state index is 13.1. The lowest BCUT2D eigenvalue weighted by atomic mass is 10.1. The Hall–Kier alpha value is -2.17. The number of rotatable bonds is 2. The Balaban J connectivity index is 1.79. The van der Waals surface area contributed by atoms with Crippen LogP contribution in [0, 0.1) is 5.82 Å². The van der Waals surface area contributed by atoms with Crippen LogP contribution in [0.2, 0.25) is 0 Å². The third-order valence-electron chi connectivity index (χ3n) is 2.95. The first-order chi connectivity index (χ1) is 8.72. The van der Waals surface area contributed by atoms with Crippen LogP contribution in [-0.2, 0) is 13.0 Å². The molecule has 0 radical (unpaired) electrons. The zero-order valence-electron chi connectivity index (χ0n) is 9.54. The summed E-state index contributed by atoms with van der Waals surface area (Å²) in [6.45, 7) is 0.420. The van der Waals surface area contributed by atoms with Gasteiger partial charge in [-0.25, -0.2) is 14.2 Å². The number of nitrogens with zero attached hydrogens (tertiary/aromatic N) is 2. The number of halogens is 1. The molecule has 0 fully saturated rings. The van der Waals surface area contributed by atoms with Gasteiger partial charge in [0.05, 0.1) is 6.54 Å². The number of hydrogen-bond acceptors (Lipinski definition) is 3. The first-order valence-corrected chi connectivity index (χ1v) is 5.69. The summed E-state index contributed by atoms with van der Waals surface area (Å²) in [6, 6.07) is 6.17. The zero-order valence-corrected chi connectivity index (χ0v) is 9.54. The number of benzene rings is 1. The molecule has 0 aliphatic carbocycles. The lowest BCUT2D eigenvalue weighted by molar-refractivity contribution is 0.206. The molecule has 0 spiro atoms. The summed E-state index contributed by atoms with van der Waals surface area (Å²) < 4.78 is 20.2. The Labute approximate surface area is 103 Å². The largest absolute Gasteiger partial charge is 0.488 e. The Morgan fingerprint density at radius 2 is 2.39 bits per heavy atom. The second-order valence-electron chi connectivity index (χ2n) is 4.25. The van der Waals surface area contributed by atoms with E-state index in [0.717, 1.165) is 5.56 Å². The summed E-state index contributed by atoms with van der Waals surface area (Å²) in [4.78, 5) is 15.1. The first kappa shape index (κ1) is 11.0. The molecule has 1 aliphatic heterocycles. The van der Waals surface area contributed by atoms with E-state index in [4.69, 9.17) is 4.74 Å². The number of ether oxygens (including phenoxy) is 1. The average Bonchev–Trinajstić information content (AvgIpc) is 2.73. The van der Waals surface area contributed by atoms with Crippen LogP contribution < -0.4 is 10.4 Å². The summed E-state index contributed by atoms with van der Waals surface area (Å²) in [6.07, 6.45) is 3.58. The van der Waals surface area contributed by atoms with Crippen LogP contribution in [0.1, 0.15) is 5.56 Å². The van der Waals surface area contributed by atoms with E-state index in [-0.39, 0.29) is 17.6 Å². The molecule has 1 unspecified atom stereocenters. The summed E-state index contributed by atoms with van der Waals surface area (Å²) >= 11 is 0. The maximum absolute atomic E-state index is 13.1. The van der Waals surface area contributed by atoms with E-state index in [2.05, 4.69) is 4.98 Å². The van der Waals surface area contributed by atoms with Gasteiger partial charge in [0.2, 0.25) is 0 Å². The molecule has 5 heteroatoms. The fourth-order valence-corrected chi connectivity index (χ4v) is 2.14. The lowest BCUT2D eigenvalue weighted by Gasteiger charge is -2.11. The SMILES string of the molecule is O=c1ncccn1CC1Cc2cc(F)ccc2O1. The second-order valence-corrected chi connectivity index (χ2v) is 4.25. The number of fused-ring (bicyclic) bond motifs is 1. The molecule has 2 heterocycles. The molecular weight excluding hydrogens is 235 g/mol. The van der Waals surface area contributed by atoms with Crippen LogP contribution in [0.4, 0.5) is 4.39 Å². The van der Waals surface area contributed by atoms with E-state index >= 15 is 0 Å². The van der Waals surface area contributed by atoms with Gasteiger partial charge in [-0.2, -0.15) is 0 Å². The minimum Gasteiger partial charge on any atom is -0.488 e. The highest BCUT2D eigenvalue weighted by Gasteiger charge is 2.23. The van der Waals surface area contributed by atoms with Crippen molar-refractivity contribution in [3.63, 3.8) is 0 Å². The van der Waals surface area contributed by atoms with Crippen molar-refractivity contribution in [2.45, 2.75) is 19.1 Å². The number of hydrogen-bond donors (Lipinski definition) is 0. The molecule has 0 bridgehead atoms. The van der Waals surface area contributed by atoms with Crippen LogP contribution in [0.5, 0.6) is 5.75 Å². The van der Waals surface area contributed by atoms with Gasteiger partial charge in [0.15, 0.2) is 0 Å². The third kappa shape index (κ3) is 1.99. The monoisotopic (exact) mass is 246 g/mol. The molecular formula is C13H11FN2O2. The van der Waals surface area contributed by atoms with Crippen LogP contribution in [0.15, 0.2) is 41.5 Å². The molecule has 1 atom stereocenters. The zero-order chi connectivity index (χ0) is 12.5. The highest BCUT2D eigenvalue weighted by Crippen LogP contribution is 2.29. The van der Waals surface area contributed by atoms with E-state index in [1.165, 1.54) is 22.9 Å². The maximum Gasteiger partial charge on any atom is 0.347 e. The van der Waals surface area contributed by atoms with Crippen LogP contribution in [0.25, 0.3) is 0 Å². The molecule has 0 saturated carbocycles. The van der Waals surface area contributed by atoms with E-state index in [1.54, 1.807) is 18.3 Å². The fourth-order valence-electron chi connectivity index (χ4n) is 2.14. The predicted octanol–water partition coefficient (Wildman–Crippen LogP) is 1.39. The van der Waals surface area contributed by atoms with Crippen LogP contribution in [0.3, 0.4) is 0 Å². The summed E-state index contributed by atoms with van der Waals surface area (Å²) in [7, 11) is 0. The molecule has 4 nitrogen and oxygen atoms in total. The molecule has 2 aromatic rings. The molecule has 92 valence electrons. The van der Waals surface area contributed by atoms with Crippen molar-refractivity contribution >= 4 is 0 Å². The Morgan fingerprint density at radius 1 is 1.50 bits per heavy atom. The smallest absolute Gasteiger partial charge is 0.347 e. The lowest BCUT2D eigenvalue weighted by Crippen LogP contribution is -2.29. The first-order valence-electron chi connectivity index (χ1n) is 5.69. The van der Waals surface area contributed by atoms with Gasteiger partial charge in [0.1, 0.15) is 17.7 Å². The standard InChI is InChI=1S/C13H11FN2O2/c14-10-2-3-12-9(6-10)7-11(18-12)8-16-5-1-4-15-13(16)17/h1-6,11H,7-8H2. The molecule has 3 rings (SSSR count). The van der Waals surface area contributed by atoms with Crippen molar-refractivity contribution in [2.75, 3.05) is 0 Å². The van der Waals surface area contributed by atoms with Crippen LogP contribution >= 0.6 is 0 Å². The van der Waals surface area contributed by atoms with E-state index < -0.39 is 0 Å². The minimum absolute atomic E-state index is 0.149. The van der Waals surface area contributed by atoms with Crippen molar-refractivity contribution in [3.05, 3.63) is 58.5 Å². The van der Waals surface area contributed by atoms with E-state index in [0.29, 0.717) is 18.7 Å². The third-order valence-corrected chi connectivity index (χ3v) is 2.95. The van der Waals surface area contributed by atoms with Gasteiger partial charge < -0.3 is 4.74 Å². The summed E-state index contributed by atoms with van der Waals surface area (Å²) in [5.74, 6) is 0.426. The van der Waals surface area contributed by atoms with E-state index in [1.807, 2.05) is 0 Å². The van der Waals surface area contributed by atoms with Gasteiger partial charge in [-0.15, -0.1) is 0 Å². The van der Waals surface area contributed by atoms with Gasteiger partial charge in [0, 0.05) is 24.4 Å². The Morgan fingerprint density at radius 3 is 3.22 bits per heavy atom. The van der Waals surface area contributed by atoms with Gasteiger partial charge in [0.25, 0.3) is 0 Å². The second kappa shape index (κ2) is 4.25. The minimum atomic E-state index is -0.303. The molecule has 0 saturated heterocycles.